The van der Waals surface area contributed by atoms with Gasteiger partial charge in [-0.2, -0.15) is 0 Å². The average Bonchev–Trinajstić information content (AvgIpc) is 2.92. The van der Waals surface area contributed by atoms with Gasteiger partial charge in [0.2, 0.25) is 0 Å². The molecule has 1 heterocycles. The fourth-order valence-corrected chi connectivity index (χ4v) is 4.17. The van der Waals surface area contributed by atoms with Crippen LogP contribution < -0.4 is 0 Å². The molecule has 0 bridgehead atoms. The third-order valence-electron chi connectivity index (χ3n) is 5.40. The van der Waals surface area contributed by atoms with Gasteiger partial charge in [0.25, 0.3) is 0 Å². The van der Waals surface area contributed by atoms with Crippen molar-refractivity contribution in [2.45, 2.75) is 76.8 Å². The van der Waals surface area contributed by atoms with Crippen molar-refractivity contribution in [3.05, 3.63) is 48.6 Å². The van der Waals surface area contributed by atoms with Gasteiger partial charge in [-0.1, -0.05) is 45.0 Å². The van der Waals surface area contributed by atoms with E-state index in [9.17, 15) is 4.79 Å². The van der Waals surface area contributed by atoms with Gasteiger partial charge >= 0.3 is 5.97 Å². The van der Waals surface area contributed by atoms with Crippen LogP contribution >= 0.6 is 0 Å². The molecule has 1 saturated heterocycles. The van der Waals surface area contributed by atoms with Gasteiger partial charge in [0.05, 0.1) is 5.56 Å². The highest BCUT2D eigenvalue weighted by Crippen LogP contribution is 2.40. The summed E-state index contributed by atoms with van der Waals surface area (Å²) < 4.78 is 24.3. The standard InChI is InChI=1S/C22H34O5Si/c1-9-17-19(26-22(5,6)25-17)18(27-28(7,8)21(2,3)4)15-24-20(23)16-13-11-10-12-14-16/h9-14,17-19H,1,15H2,2-8H3/t17-,18-,19-/m1/s1. The molecule has 0 radical (unpaired) electrons. The van der Waals surface area contributed by atoms with E-state index in [1.54, 1.807) is 18.2 Å². The molecule has 28 heavy (non-hydrogen) atoms. The van der Waals surface area contributed by atoms with E-state index in [4.69, 9.17) is 18.6 Å². The summed E-state index contributed by atoms with van der Waals surface area (Å²) in [5, 5.41) is 0.00729. The number of carbonyl (C=O) groups is 1. The van der Waals surface area contributed by atoms with Crippen LogP contribution in [0.1, 0.15) is 45.0 Å². The van der Waals surface area contributed by atoms with E-state index in [0.29, 0.717) is 5.56 Å². The van der Waals surface area contributed by atoms with Gasteiger partial charge < -0.3 is 18.6 Å². The Balaban J connectivity index is 2.21. The van der Waals surface area contributed by atoms with Gasteiger partial charge in [-0.05, 0) is 44.1 Å². The van der Waals surface area contributed by atoms with Crippen molar-refractivity contribution in [1.29, 1.82) is 0 Å². The number of esters is 1. The Morgan fingerprint density at radius 1 is 1.25 bits per heavy atom. The highest BCUT2D eigenvalue weighted by atomic mass is 28.4. The van der Waals surface area contributed by atoms with Gasteiger partial charge in [0.15, 0.2) is 14.1 Å². The van der Waals surface area contributed by atoms with Crippen molar-refractivity contribution in [3.8, 4) is 0 Å². The lowest BCUT2D eigenvalue weighted by Crippen LogP contribution is -2.51. The minimum atomic E-state index is -2.14. The third kappa shape index (κ3) is 5.53. The number of hydrogen-bond donors (Lipinski definition) is 0. The van der Waals surface area contributed by atoms with E-state index in [1.165, 1.54) is 0 Å². The lowest BCUT2D eigenvalue weighted by Gasteiger charge is -2.40. The smallest absolute Gasteiger partial charge is 0.338 e. The molecule has 6 heteroatoms. The fourth-order valence-electron chi connectivity index (χ4n) is 2.85. The Morgan fingerprint density at radius 3 is 2.39 bits per heavy atom. The van der Waals surface area contributed by atoms with Crippen LogP contribution in [0.3, 0.4) is 0 Å². The molecule has 1 fully saturated rings. The van der Waals surface area contributed by atoms with Gasteiger partial charge in [-0.25, -0.2) is 4.79 Å². The van der Waals surface area contributed by atoms with E-state index in [0.717, 1.165) is 0 Å². The molecule has 156 valence electrons. The maximum atomic E-state index is 12.4. The van der Waals surface area contributed by atoms with Gasteiger partial charge in [-0.3, -0.25) is 0 Å². The minimum absolute atomic E-state index is 0.00729. The zero-order valence-corrected chi connectivity index (χ0v) is 19.2. The zero-order chi connectivity index (χ0) is 21.2. The quantitative estimate of drug-likeness (QED) is 0.365. The predicted molar refractivity (Wildman–Crippen MR) is 113 cm³/mol. The van der Waals surface area contributed by atoms with Crippen molar-refractivity contribution in [3.63, 3.8) is 0 Å². The predicted octanol–water partition coefficient (Wildman–Crippen LogP) is 4.94. The number of hydrogen-bond acceptors (Lipinski definition) is 5. The summed E-state index contributed by atoms with van der Waals surface area (Å²) in [6.07, 6.45) is 0.546. The van der Waals surface area contributed by atoms with Gasteiger partial charge in [-0.15, -0.1) is 6.58 Å². The molecule has 0 aromatic heterocycles. The van der Waals surface area contributed by atoms with Crippen LogP contribution in [0.15, 0.2) is 43.0 Å². The molecule has 3 atom stereocenters. The zero-order valence-electron chi connectivity index (χ0n) is 18.2. The first-order valence-corrected chi connectivity index (χ1v) is 12.7. The second-order valence-electron chi connectivity index (χ2n) is 9.18. The molecule has 0 amide bonds. The molecule has 1 aromatic carbocycles. The second-order valence-corrected chi connectivity index (χ2v) is 13.9. The van der Waals surface area contributed by atoms with Crippen molar-refractivity contribution in [1.82, 2.24) is 0 Å². The average molecular weight is 407 g/mol. The summed E-state index contributed by atoms with van der Waals surface area (Å²) in [5.74, 6) is -1.13. The third-order valence-corrected chi connectivity index (χ3v) is 9.91. The number of benzene rings is 1. The maximum absolute atomic E-state index is 12.4. The van der Waals surface area contributed by atoms with Crippen LogP contribution in [0.5, 0.6) is 0 Å². The molecular formula is C22H34O5Si. The van der Waals surface area contributed by atoms with E-state index in [-0.39, 0.29) is 23.7 Å². The molecule has 0 unspecified atom stereocenters. The van der Waals surface area contributed by atoms with E-state index in [1.807, 2.05) is 32.0 Å². The molecule has 1 aliphatic heterocycles. The lowest BCUT2D eigenvalue weighted by molar-refractivity contribution is -0.154. The summed E-state index contributed by atoms with van der Waals surface area (Å²) >= 11 is 0. The molecule has 1 aliphatic rings. The van der Waals surface area contributed by atoms with Crippen LogP contribution in [-0.4, -0.2) is 45.0 Å². The van der Waals surface area contributed by atoms with E-state index < -0.39 is 26.3 Å². The molecule has 0 spiro atoms. The van der Waals surface area contributed by atoms with Crippen LogP contribution in [-0.2, 0) is 18.6 Å². The number of ether oxygens (including phenoxy) is 3. The first-order valence-electron chi connectivity index (χ1n) is 9.74. The molecule has 5 nitrogen and oxygen atoms in total. The lowest BCUT2D eigenvalue weighted by atomic mass is 10.1. The second kappa shape index (κ2) is 8.49. The molecular weight excluding hydrogens is 372 g/mol. The van der Waals surface area contributed by atoms with Crippen LogP contribution in [0, 0.1) is 0 Å². The first kappa shape index (κ1) is 22.8. The van der Waals surface area contributed by atoms with Crippen LogP contribution in [0.4, 0.5) is 0 Å². The molecule has 0 saturated carbocycles. The van der Waals surface area contributed by atoms with Crippen molar-refractivity contribution < 1.29 is 23.4 Å². The van der Waals surface area contributed by atoms with E-state index in [2.05, 4.69) is 40.4 Å². The SMILES string of the molecule is C=C[C@H]1OC(C)(C)O[C@H]1[C@@H](COC(=O)c1ccccc1)O[Si](C)(C)C(C)(C)C. The summed E-state index contributed by atoms with van der Waals surface area (Å²) in [4.78, 5) is 12.4. The summed E-state index contributed by atoms with van der Waals surface area (Å²) in [7, 11) is -2.14. The van der Waals surface area contributed by atoms with E-state index >= 15 is 0 Å². The normalized spacial score (nSPS) is 23.2. The topological polar surface area (TPSA) is 54.0 Å². The minimum Gasteiger partial charge on any atom is -0.459 e. The monoisotopic (exact) mass is 406 g/mol. The van der Waals surface area contributed by atoms with Gasteiger partial charge in [0.1, 0.15) is 24.9 Å². The van der Waals surface area contributed by atoms with Crippen molar-refractivity contribution in [2.75, 3.05) is 6.61 Å². The Morgan fingerprint density at radius 2 is 1.86 bits per heavy atom. The molecule has 0 aliphatic carbocycles. The Labute approximate surface area is 170 Å². The first-order chi connectivity index (χ1) is 12.9. The summed E-state index contributed by atoms with van der Waals surface area (Å²) in [6.45, 7) is 18.6. The van der Waals surface area contributed by atoms with Crippen LogP contribution in [0.25, 0.3) is 0 Å². The number of rotatable bonds is 7. The molecule has 0 N–H and O–H groups in total. The highest BCUT2D eigenvalue weighted by molar-refractivity contribution is 6.74. The fraction of sp³-hybridized carbons (Fsp3) is 0.591. The Kier molecular flexibility index (Phi) is 6.92. The van der Waals surface area contributed by atoms with Crippen molar-refractivity contribution in [2.24, 2.45) is 0 Å². The summed E-state index contributed by atoms with van der Waals surface area (Å²) in [6, 6.07) is 8.95. The van der Waals surface area contributed by atoms with Crippen molar-refractivity contribution >= 4 is 14.3 Å². The maximum Gasteiger partial charge on any atom is 0.338 e. The Hall–Kier alpha value is -1.47. The Bertz CT molecular complexity index is 678. The largest absolute Gasteiger partial charge is 0.459 e. The molecule has 2 rings (SSSR count). The van der Waals surface area contributed by atoms with Crippen LogP contribution in [0.2, 0.25) is 18.1 Å². The molecule has 1 aromatic rings. The van der Waals surface area contributed by atoms with Gasteiger partial charge in [0, 0.05) is 0 Å². The summed E-state index contributed by atoms with van der Waals surface area (Å²) in [5.41, 5.74) is 0.512. The highest BCUT2D eigenvalue weighted by Gasteiger charge is 2.48. The number of carbonyl (C=O) groups excluding carboxylic acids is 1.